The number of rotatable bonds is 5. The van der Waals surface area contributed by atoms with Gasteiger partial charge in [0.1, 0.15) is 12.4 Å². The summed E-state index contributed by atoms with van der Waals surface area (Å²) in [4.78, 5) is 1.17. The molecule has 0 amide bonds. The van der Waals surface area contributed by atoms with E-state index in [1.54, 1.807) is 11.3 Å². The van der Waals surface area contributed by atoms with Gasteiger partial charge in [0.15, 0.2) is 0 Å². The van der Waals surface area contributed by atoms with Gasteiger partial charge in [0, 0.05) is 21.6 Å². The quantitative estimate of drug-likeness (QED) is 0.863. The molecule has 18 heavy (non-hydrogen) atoms. The fourth-order valence-electron chi connectivity index (χ4n) is 1.59. The zero-order valence-electron chi connectivity index (χ0n) is 9.87. The third-order valence-electron chi connectivity index (χ3n) is 2.48. The van der Waals surface area contributed by atoms with E-state index in [0.29, 0.717) is 13.2 Å². The Balaban J connectivity index is 2.14. The zero-order chi connectivity index (χ0) is 13.0. The summed E-state index contributed by atoms with van der Waals surface area (Å²) in [6.45, 7) is 1.25. The molecule has 96 valence electrons. The number of halogens is 2. The first-order chi connectivity index (χ1) is 8.72. The summed E-state index contributed by atoms with van der Waals surface area (Å²) in [5.41, 5.74) is 0.995. The SMILES string of the molecule is CNCc1c(Cl)cccc1OCc1sccc1Br. The first-order valence-corrected chi connectivity index (χ1v) is 7.54. The lowest BCUT2D eigenvalue weighted by atomic mass is 10.2. The van der Waals surface area contributed by atoms with E-state index in [4.69, 9.17) is 16.3 Å². The molecule has 5 heteroatoms. The van der Waals surface area contributed by atoms with Crippen molar-refractivity contribution < 1.29 is 4.74 Å². The van der Waals surface area contributed by atoms with Crippen LogP contribution in [0.15, 0.2) is 34.1 Å². The van der Waals surface area contributed by atoms with Crippen LogP contribution in [-0.2, 0) is 13.2 Å². The third-order valence-corrected chi connectivity index (χ3v) is 4.73. The van der Waals surface area contributed by atoms with Gasteiger partial charge in [-0.25, -0.2) is 0 Å². The Labute approximate surface area is 124 Å². The molecule has 0 unspecified atom stereocenters. The lowest BCUT2D eigenvalue weighted by Crippen LogP contribution is -2.08. The summed E-state index contributed by atoms with van der Waals surface area (Å²) in [6.07, 6.45) is 0. The van der Waals surface area contributed by atoms with Crippen LogP contribution in [0.4, 0.5) is 0 Å². The van der Waals surface area contributed by atoms with Crippen molar-refractivity contribution in [1.29, 1.82) is 0 Å². The molecule has 0 aliphatic rings. The minimum Gasteiger partial charge on any atom is -0.488 e. The molecule has 0 aliphatic heterocycles. The first kappa shape index (κ1) is 13.9. The van der Waals surface area contributed by atoms with Gasteiger partial charge < -0.3 is 10.1 Å². The molecule has 1 N–H and O–H groups in total. The number of hydrogen-bond acceptors (Lipinski definition) is 3. The highest BCUT2D eigenvalue weighted by molar-refractivity contribution is 9.10. The number of benzene rings is 1. The molecule has 1 heterocycles. The van der Waals surface area contributed by atoms with Gasteiger partial charge >= 0.3 is 0 Å². The smallest absolute Gasteiger partial charge is 0.125 e. The Morgan fingerprint density at radius 3 is 2.89 bits per heavy atom. The minimum absolute atomic E-state index is 0.551. The van der Waals surface area contributed by atoms with Crippen molar-refractivity contribution in [3.05, 3.63) is 49.6 Å². The predicted molar refractivity (Wildman–Crippen MR) is 80.6 cm³/mol. The second-order valence-electron chi connectivity index (χ2n) is 3.73. The fraction of sp³-hybridized carbons (Fsp3) is 0.231. The molecule has 0 aliphatic carbocycles. The van der Waals surface area contributed by atoms with Gasteiger partial charge in [-0.15, -0.1) is 11.3 Å². The summed E-state index contributed by atoms with van der Waals surface area (Å²) in [6, 6.07) is 7.75. The Bertz CT molecular complexity index is 529. The van der Waals surface area contributed by atoms with Crippen LogP contribution in [0, 0.1) is 0 Å². The van der Waals surface area contributed by atoms with E-state index >= 15 is 0 Å². The second kappa shape index (κ2) is 6.57. The zero-order valence-corrected chi connectivity index (χ0v) is 13.0. The van der Waals surface area contributed by atoms with Crippen molar-refractivity contribution in [2.75, 3.05) is 7.05 Å². The van der Waals surface area contributed by atoms with Gasteiger partial charge in [-0.1, -0.05) is 17.7 Å². The summed E-state index contributed by atoms with van der Waals surface area (Å²) in [7, 11) is 1.89. The lowest BCUT2D eigenvalue weighted by molar-refractivity contribution is 0.305. The molecule has 0 saturated carbocycles. The normalized spacial score (nSPS) is 10.6. The molecule has 0 atom stereocenters. The van der Waals surface area contributed by atoms with E-state index in [1.807, 2.05) is 36.7 Å². The highest BCUT2D eigenvalue weighted by Gasteiger charge is 2.09. The molecule has 2 rings (SSSR count). The van der Waals surface area contributed by atoms with E-state index < -0.39 is 0 Å². The van der Waals surface area contributed by atoms with E-state index in [9.17, 15) is 0 Å². The van der Waals surface area contributed by atoms with Gasteiger partial charge in [-0.2, -0.15) is 0 Å². The molecule has 1 aromatic heterocycles. The van der Waals surface area contributed by atoms with Gasteiger partial charge in [0.2, 0.25) is 0 Å². The van der Waals surface area contributed by atoms with Crippen LogP contribution in [0.3, 0.4) is 0 Å². The monoisotopic (exact) mass is 345 g/mol. The molecule has 2 nitrogen and oxygen atoms in total. The van der Waals surface area contributed by atoms with Crippen LogP contribution in [-0.4, -0.2) is 7.05 Å². The van der Waals surface area contributed by atoms with Crippen LogP contribution >= 0.6 is 38.9 Å². The lowest BCUT2D eigenvalue weighted by Gasteiger charge is -2.12. The van der Waals surface area contributed by atoms with Crippen molar-refractivity contribution in [3.8, 4) is 5.75 Å². The second-order valence-corrected chi connectivity index (χ2v) is 5.99. The topological polar surface area (TPSA) is 21.3 Å². The molecule has 0 bridgehead atoms. The van der Waals surface area contributed by atoms with E-state index in [1.165, 1.54) is 4.88 Å². The average Bonchev–Trinajstić information content (AvgIpc) is 2.76. The molecule has 1 aromatic carbocycles. The molecular weight excluding hydrogens is 334 g/mol. The molecule has 2 aromatic rings. The van der Waals surface area contributed by atoms with Crippen molar-refractivity contribution in [1.82, 2.24) is 5.32 Å². The van der Waals surface area contributed by atoms with Crippen molar-refractivity contribution in [3.63, 3.8) is 0 Å². The van der Waals surface area contributed by atoms with Crippen LogP contribution < -0.4 is 10.1 Å². The van der Waals surface area contributed by atoms with Crippen molar-refractivity contribution in [2.45, 2.75) is 13.2 Å². The Hall–Kier alpha value is -0.550. The van der Waals surface area contributed by atoms with E-state index in [2.05, 4.69) is 21.2 Å². The fourth-order valence-corrected chi connectivity index (χ4v) is 3.20. The minimum atomic E-state index is 0.551. The molecule has 0 spiro atoms. The largest absolute Gasteiger partial charge is 0.488 e. The maximum Gasteiger partial charge on any atom is 0.125 e. The molecular formula is C13H13BrClNOS. The highest BCUT2D eigenvalue weighted by Crippen LogP contribution is 2.29. The number of ether oxygens (including phenoxy) is 1. The summed E-state index contributed by atoms with van der Waals surface area (Å²) >= 11 is 11.3. The summed E-state index contributed by atoms with van der Waals surface area (Å²) in [5, 5.41) is 5.86. The Morgan fingerprint density at radius 1 is 1.39 bits per heavy atom. The van der Waals surface area contributed by atoms with Crippen molar-refractivity contribution >= 4 is 38.9 Å². The van der Waals surface area contributed by atoms with Crippen LogP contribution in [0.25, 0.3) is 0 Å². The van der Waals surface area contributed by atoms with Gasteiger partial charge in [0.25, 0.3) is 0 Å². The number of hydrogen-bond donors (Lipinski definition) is 1. The average molecular weight is 347 g/mol. The first-order valence-electron chi connectivity index (χ1n) is 5.49. The van der Waals surface area contributed by atoms with E-state index in [-0.39, 0.29) is 0 Å². The predicted octanol–water partition coefficient (Wildman–Crippen LogP) is 4.46. The van der Waals surface area contributed by atoms with Crippen LogP contribution in [0.2, 0.25) is 5.02 Å². The maximum absolute atomic E-state index is 6.17. The maximum atomic E-state index is 6.17. The standard InChI is InChI=1S/C13H13BrClNOS/c1-16-7-9-11(15)3-2-4-12(9)17-8-13-10(14)5-6-18-13/h2-6,16H,7-8H2,1H3. The van der Waals surface area contributed by atoms with Gasteiger partial charge in [-0.05, 0) is 46.6 Å². The Morgan fingerprint density at radius 2 is 2.22 bits per heavy atom. The van der Waals surface area contributed by atoms with Crippen LogP contribution in [0.5, 0.6) is 5.75 Å². The van der Waals surface area contributed by atoms with E-state index in [0.717, 1.165) is 20.8 Å². The van der Waals surface area contributed by atoms with Crippen LogP contribution in [0.1, 0.15) is 10.4 Å². The number of thiophene rings is 1. The third kappa shape index (κ3) is 3.26. The highest BCUT2D eigenvalue weighted by atomic mass is 79.9. The summed E-state index contributed by atoms with van der Waals surface area (Å²) in [5.74, 6) is 0.831. The van der Waals surface area contributed by atoms with Gasteiger partial charge in [0.05, 0.1) is 4.88 Å². The Kier molecular flexibility index (Phi) is 5.06. The molecule has 0 saturated heterocycles. The number of nitrogens with one attached hydrogen (secondary N) is 1. The van der Waals surface area contributed by atoms with Crippen molar-refractivity contribution in [2.24, 2.45) is 0 Å². The molecule has 0 radical (unpaired) electrons. The summed E-state index contributed by atoms with van der Waals surface area (Å²) < 4.78 is 6.94. The molecule has 0 fully saturated rings. The van der Waals surface area contributed by atoms with Gasteiger partial charge in [-0.3, -0.25) is 0 Å².